The molecule has 0 aromatic carbocycles. The summed E-state index contributed by atoms with van der Waals surface area (Å²) >= 11 is 0. The molecule has 0 aromatic heterocycles. The predicted octanol–water partition coefficient (Wildman–Crippen LogP) is 0.518. The van der Waals surface area contributed by atoms with Crippen LogP contribution in [0.5, 0.6) is 0 Å². The molecule has 5 heteroatoms. The number of nitrogens with two attached hydrogens (primary N) is 1. The SMILES string of the molecule is CC.CC/C(N)=C(\CNC(C)=O)C(=O)NC. The van der Waals surface area contributed by atoms with Crippen molar-refractivity contribution in [3.63, 3.8) is 0 Å². The number of rotatable bonds is 4. The Morgan fingerprint density at radius 3 is 2.06 bits per heavy atom. The third kappa shape index (κ3) is 6.86. The maximum atomic E-state index is 11.3. The van der Waals surface area contributed by atoms with Crippen molar-refractivity contribution in [2.24, 2.45) is 5.73 Å². The van der Waals surface area contributed by atoms with Gasteiger partial charge < -0.3 is 16.4 Å². The van der Waals surface area contributed by atoms with Gasteiger partial charge in [-0.1, -0.05) is 20.8 Å². The Kier molecular flexibility index (Phi) is 10.6. The van der Waals surface area contributed by atoms with Crippen LogP contribution in [0.15, 0.2) is 11.3 Å². The molecule has 0 saturated carbocycles. The highest BCUT2D eigenvalue weighted by Crippen LogP contribution is 2.01. The summed E-state index contributed by atoms with van der Waals surface area (Å²) in [6.45, 7) is 7.42. The van der Waals surface area contributed by atoms with Crippen LogP contribution in [0.1, 0.15) is 34.1 Å². The van der Waals surface area contributed by atoms with E-state index in [0.717, 1.165) is 0 Å². The number of hydrogen-bond donors (Lipinski definition) is 3. The molecular formula is C11H23N3O2. The molecule has 0 unspecified atom stereocenters. The molecule has 16 heavy (non-hydrogen) atoms. The first-order chi connectivity index (χ1) is 7.52. The number of amides is 2. The quantitative estimate of drug-likeness (QED) is 0.614. The first-order valence-corrected chi connectivity index (χ1v) is 5.46. The molecule has 0 aliphatic carbocycles. The van der Waals surface area contributed by atoms with Gasteiger partial charge in [0.25, 0.3) is 0 Å². The lowest BCUT2D eigenvalue weighted by Gasteiger charge is -2.09. The Balaban J connectivity index is 0. The summed E-state index contributed by atoms with van der Waals surface area (Å²) in [7, 11) is 1.53. The van der Waals surface area contributed by atoms with Crippen LogP contribution in [0, 0.1) is 0 Å². The molecule has 0 rings (SSSR count). The molecule has 0 aliphatic heterocycles. The summed E-state index contributed by atoms with van der Waals surface area (Å²) in [5, 5.41) is 5.01. The smallest absolute Gasteiger partial charge is 0.250 e. The summed E-state index contributed by atoms with van der Waals surface area (Å²) in [6.07, 6.45) is 0.586. The lowest BCUT2D eigenvalue weighted by molar-refractivity contribution is -0.119. The van der Waals surface area contributed by atoms with Crippen LogP contribution in [-0.4, -0.2) is 25.4 Å². The molecule has 0 saturated heterocycles. The third-order valence-electron chi connectivity index (χ3n) is 1.78. The normalized spacial score (nSPS) is 10.6. The predicted molar refractivity (Wildman–Crippen MR) is 65.6 cm³/mol. The van der Waals surface area contributed by atoms with Crippen molar-refractivity contribution in [3.8, 4) is 0 Å². The molecule has 0 heterocycles. The maximum Gasteiger partial charge on any atom is 0.250 e. The molecule has 0 aliphatic rings. The summed E-state index contributed by atoms with van der Waals surface area (Å²) in [5.74, 6) is -0.437. The van der Waals surface area contributed by atoms with Crippen LogP contribution < -0.4 is 16.4 Å². The van der Waals surface area contributed by atoms with E-state index in [2.05, 4.69) is 10.6 Å². The fourth-order valence-electron chi connectivity index (χ4n) is 0.917. The van der Waals surface area contributed by atoms with E-state index in [-0.39, 0.29) is 18.4 Å². The van der Waals surface area contributed by atoms with Crippen LogP contribution >= 0.6 is 0 Å². The molecular weight excluding hydrogens is 206 g/mol. The van der Waals surface area contributed by atoms with E-state index in [1.165, 1.54) is 14.0 Å². The Morgan fingerprint density at radius 2 is 1.75 bits per heavy atom. The molecule has 0 bridgehead atoms. The molecule has 0 radical (unpaired) electrons. The molecule has 94 valence electrons. The van der Waals surface area contributed by atoms with Gasteiger partial charge in [0.1, 0.15) is 0 Å². The summed E-state index contributed by atoms with van der Waals surface area (Å²) in [5.41, 5.74) is 6.57. The molecule has 0 spiro atoms. The van der Waals surface area contributed by atoms with Crippen LogP contribution in [0.3, 0.4) is 0 Å². The van der Waals surface area contributed by atoms with Gasteiger partial charge in [0.05, 0.1) is 5.57 Å². The van der Waals surface area contributed by atoms with Gasteiger partial charge in [-0.05, 0) is 6.42 Å². The van der Waals surface area contributed by atoms with E-state index in [4.69, 9.17) is 5.73 Å². The molecule has 0 fully saturated rings. The number of nitrogens with one attached hydrogen (secondary N) is 2. The summed E-state index contributed by atoms with van der Waals surface area (Å²) in [6, 6.07) is 0. The van der Waals surface area contributed by atoms with Crippen molar-refractivity contribution in [2.75, 3.05) is 13.6 Å². The standard InChI is InChI=1S/C9H17N3O2.C2H6/c1-4-8(10)7(9(14)11-3)5-12-6(2)13;1-2/h4-5,10H2,1-3H3,(H,11,14)(H,12,13);1-2H3/b8-7-;. The second-order valence-electron chi connectivity index (χ2n) is 2.85. The maximum absolute atomic E-state index is 11.3. The minimum absolute atomic E-state index is 0.175. The largest absolute Gasteiger partial charge is 0.402 e. The first kappa shape index (κ1) is 16.9. The van der Waals surface area contributed by atoms with E-state index >= 15 is 0 Å². The average molecular weight is 229 g/mol. The van der Waals surface area contributed by atoms with Gasteiger partial charge in [-0.2, -0.15) is 0 Å². The van der Waals surface area contributed by atoms with Crippen LogP contribution in [0.4, 0.5) is 0 Å². The van der Waals surface area contributed by atoms with Crippen LogP contribution in [-0.2, 0) is 9.59 Å². The van der Waals surface area contributed by atoms with Crippen LogP contribution in [0.2, 0.25) is 0 Å². The fourth-order valence-corrected chi connectivity index (χ4v) is 0.917. The van der Waals surface area contributed by atoms with Crippen molar-refractivity contribution < 1.29 is 9.59 Å². The van der Waals surface area contributed by atoms with Crippen molar-refractivity contribution in [3.05, 3.63) is 11.3 Å². The second-order valence-corrected chi connectivity index (χ2v) is 2.85. The molecule has 5 nitrogen and oxygen atoms in total. The Bertz CT molecular complexity index is 260. The van der Waals surface area contributed by atoms with Gasteiger partial charge in [-0.3, -0.25) is 9.59 Å². The highest BCUT2D eigenvalue weighted by Gasteiger charge is 2.11. The fraction of sp³-hybridized carbons (Fsp3) is 0.636. The number of likely N-dealkylation sites (N-methyl/N-ethyl adjacent to an activating group) is 1. The summed E-state index contributed by atoms with van der Waals surface area (Å²) < 4.78 is 0. The molecule has 2 amide bonds. The Labute approximate surface area is 97.5 Å². The van der Waals surface area contributed by atoms with Crippen molar-refractivity contribution in [1.82, 2.24) is 10.6 Å². The number of hydrogen-bond acceptors (Lipinski definition) is 3. The van der Waals surface area contributed by atoms with E-state index in [1.807, 2.05) is 20.8 Å². The molecule has 0 atom stereocenters. The topological polar surface area (TPSA) is 84.2 Å². The van der Waals surface area contributed by atoms with E-state index in [0.29, 0.717) is 17.7 Å². The minimum Gasteiger partial charge on any atom is -0.402 e. The van der Waals surface area contributed by atoms with Gasteiger partial charge >= 0.3 is 0 Å². The third-order valence-corrected chi connectivity index (χ3v) is 1.78. The highest BCUT2D eigenvalue weighted by atomic mass is 16.2. The summed E-state index contributed by atoms with van der Waals surface area (Å²) in [4.78, 5) is 22.0. The Hall–Kier alpha value is -1.52. The zero-order valence-electron chi connectivity index (χ0n) is 10.8. The average Bonchev–Trinajstić information content (AvgIpc) is 2.30. The van der Waals surface area contributed by atoms with Crippen molar-refractivity contribution in [2.45, 2.75) is 34.1 Å². The van der Waals surface area contributed by atoms with Gasteiger partial charge in [0.15, 0.2) is 0 Å². The van der Waals surface area contributed by atoms with Gasteiger partial charge in [0, 0.05) is 26.2 Å². The lowest BCUT2D eigenvalue weighted by Crippen LogP contribution is -2.32. The second kappa shape index (κ2) is 10.0. The molecule has 0 aromatic rings. The van der Waals surface area contributed by atoms with Gasteiger partial charge in [-0.15, -0.1) is 0 Å². The van der Waals surface area contributed by atoms with E-state index < -0.39 is 0 Å². The van der Waals surface area contributed by atoms with E-state index in [9.17, 15) is 9.59 Å². The zero-order valence-corrected chi connectivity index (χ0v) is 10.8. The Morgan fingerprint density at radius 1 is 1.25 bits per heavy atom. The first-order valence-electron chi connectivity index (χ1n) is 5.46. The molecule has 4 N–H and O–H groups in total. The minimum atomic E-state index is -0.252. The monoisotopic (exact) mass is 229 g/mol. The number of carbonyl (C=O) groups is 2. The highest BCUT2D eigenvalue weighted by molar-refractivity contribution is 5.94. The van der Waals surface area contributed by atoms with Crippen molar-refractivity contribution >= 4 is 11.8 Å². The van der Waals surface area contributed by atoms with Gasteiger partial charge in [0.2, 0.25) is 11.8 Å². The number of carbonyl (C=O) groups excluding carboxylic acids is 2. The van der Waals surface area contributed by atoms with Crippen LogP contribution in [0.25, 0.3) is 0 Å². The van der Waals surface area contributed by atoms with E-state index in [1.54, 1.807) is 0 Å². The zero-order chi connectivity index (χ0) is 13.1. The van der Waals surface area contributed by atoms with Gasteiger partial charge in [-0.25, -0.2) is 0 Å². The van der Waals surface area contributed by atoms with Crippen molar-refractivity contribution in [1.29, 1.82) is 0 Å². The number of allylic oxidation sites excluding steroid dienone is 1. The lowest BCUT2D eigenvalue weighted by atomic mass is 10.1.